The number of aromatic nitrogens is 1. The second-order valence-corrected chi connectivity index (χ2v) is 4.61. The zero-order valence-corrected chi connectivity index (χ0v) is 10.4. The van der Waals surface area contributed by atoms with Crippen LogP contribution < -0.4 is 5.32 Å². The van der Waals surface area contributed by atoms with Gasteiger partial charge >= 0.3 is 0 Å². The van der Waals surface area contributed by atoms with Crippen LogP contribution in [0.2, 0.25) is 5.15 Å². The third-order valence-corrected chi connectivity index (χ3v) is 3.36. The minimum Gasteiger partial charge on any atom is -0.381 e. The first-order valence-electron chi connectivity index (χ1n) is 5.88. The van der Waals surface area contributed by atoms with Crippen LogP contribution in [-0.4, -0.2) is 35.6 Å². The van der Waals surface area contributed by atoms with Crippen LogP contribution in [0.3, 0.4) is 0 Å². The third kappa shape index (κ3) is 3.09. The molecule has 1 aliphatic heterocycles. The van der Waals surface area contributed by atoms with E-state index in [1.807, 2.05) is 12.1 Å². The lowest BCUT2D eigenvalue weighted by Gasteiger charge is -2.31. The normalized spacial score (nSPS) is 18.6. The number of halogens is 1. The molecule has 0 bridgehead atoms. The Kier molecular flexibility index (Phi) is 4.02. The van der Waals surface area contributed by atoms with Crippen molar-refractivity contribution in [3.8, 4) is 0 Å². The first kappa shape index (κ1) is 11.7. The quantitative estimate of drug-likeness (QED) is 0.822. The molecule has 0 unspecified atom stereocenters. The molecule has 0 aliphatic carbocycles. The first-order valence-corrected chi connectivity index (χ1v) is 6.26. The van der Waals surface area contributed by atoms with Crippen LogP contribution in [0.1, 0.15) is 19.8 Å². The number of rotatable bonds is 3. The summed E-state index contributed by atoms with van der Waals surface area (Å²) >= 11 is 5.75. The number of likely N-dealkylation sites (tertiary alicyclic amines) is 1. The Morgan fingerprint density at radius 2 is 2.19 bits per heavy atom. The van der Waals surface area contributed by atoms with E-state index >= 15 is 0 Å². The Morgan fingerprint density at radius 1 is 1.44 bits per heavy atom. The van der Waals surface area contributed by atoms with Crippen LogP contribution in [0.15, 0.2) is 18.3 Å². The highest BCUT2D eigenvalue weighted by Crippen LogP contribution is 2.16. The first-order chi connectivity index (χ1) is 7.78. The topological polar surface area (TPSA) is 28.2 Å². The van der Waals surface area contributed by atoms with E-state index in [-0.39, 0.29) is 0 Å². The van der Waals surface area contributed by atoms with Crippen molar-refractivity contribution in [3.63, 3.8) is 0 Å². The summed E-state index contributed by atoms with van der Waals surface area (Å²) in [5.41, 5.74) is 1.07. The molecule has 1 aliphatic rings. The van der Waals surface area contributed by atoms with E-state index < -0.39 is 0 Å². The van der Waals surface area contributed by atoms with Crippen LogP contribution in [0.25, 0.3) is 0 Å². The standard InChI is InChI=1S/C12H18ClN3/c1-2-16-7-5-10(6-8-16)15-11-3-4-12(13)14-9-11/h3-4,9-10,15H,2,5-8H2,1H3. The minimum atomic E-state index is 0.548. The summed E-state index contributed by atoms with van der Waals surface area (Å²) in [6, 6.07) is 4.39. The molecule has 0 spiro atoms. The van der Waals surface area contributed by atoms with Gasteiger partial charge in [-0.25, -0.2) is 4.98 Å². The summed E-state index contributed by atoms with van der Waals surface area (Å²) in [7, 11) is 0. The van der Waals surface area contributed by atoms with Gasteiger partial charge in [-0.15, -0.1) is 0 Å². The van der Waals surface area contributed by atoms with Crippen molar-refractivity contribution >= 4 is 17.3 Å². The number of piperidine rings is 1. The Bertz CT molecular complexity index is 318. The molecule has 1 N–H and O–H groups in total. The molecule has 2 heterocycles. The van der Waals surface area contributed by atoms with Gasteiger partial charge in [0.2, 0.25) is 0 Å². The lowest BCUT2D eigenvalue weighted by Crippen LogP contribution is -2.38. The van der Waals surface area contributed by atoms with Crippen LogP contribution in [0.4, 0.5) is 5.69 Å². The van der Waals surface area contributed by atoms with Gasteiger partial charge in [0.1, 0.15) is 5.15 Å². The molecule has 1 aromatic heterocycles. The van der Waals surface area contributed by atoms with E-state index in [1.165, 1.54) is 25.9 Å². The van der Waals surface area contributed by atoms with Crippen molar-refractivity contribution in [2.24, 2.45) is 0 Å². The molecule has 1 saturated heterocycles. The van der Waals surface area contributed by atoms with Crippen molar-refractivity contribution in [3.05, 3.63) is 23.5 Å². The largest absolute Gasteiger partial charge is 0.381 e. The van der Waals surface area contributed by atoms with Gasteiger partial charge in [-0.3, -0.25) is 0 Å². The van der Waals surface area contributed by atoms with Crippen molar-refractivity contribution in [2.75, 3.05) is 25.0 Å². The molecule has 1 aromatic rings. The summed E-state index contributed by atoms with van der Waals surface area (Å²) in [4.78, 5) is 6.55. The molecular weight excluding hydrogens is 222 g/mol. The van der Waals surface area contributed by atoms with Crippen LogP contribution >= 0.6 is 11.6 Å². The maximum absolute atomic E-state index is 5.75. The molecule has 88 valence electrons. The van der Waals surface area contributed by atoms with E-state index in [4.69, 9.17) is 11.6 Å². The Balaban J connectivity index is 1.84. The highest BCUT2D eigenvalue weighted by molar-refractivity contribution is 6.29. The molecule has 4 heteroatoms. The lowest BCUT2D eigenvalue weighted by atomic mass is 10.0. The monoisotopic (exact) mass is 239 g/mol. The number of hydrogen-bond donors (Lipinski definition) is 1. The van der Waals surface area contributed by atoms with E-state index in [1.54, 1.807) is 6.20 Å². The molecule has 0 aromatic carbocycles. The molecular formula is C12H18ClN3. The fourth-order valence-corrected chi connectivity index (χ4v) is 2.20. The number of anilines is 1. The van der Waals surface area contributed by atoms with E-state index in [2.05, 4.69) is 22.1 Å². The fourth-order valence-electron chi connectivity index (χ4n) is 2.09. The van der Waals surface area contributed by atoms with Crippen molar-refractivity contribution in [1.82, 2.24) is 9.88 Å². The number of pyridine rings is 1. The van der Waals surface area contributed by atoms with E-state index in [0.717, 1.165) is 12.2 Å². The van der Waals surface area contributed by atoms with Gasteiger partial charge in [-0.2, -0.15) is 0 Å². The molecule has 16 heavy (non-hydrogen) atoms. The van der Waals surface area contributed by atoms with Gasteiger partial charge in [-0.05, 0) is 31.5 Å². The minimum absolute atomic E-state index is 0.548. The number of nitrogens with one attached hydrogen (secondary N) is 1. The molecule has 3 nitrogen and oxygen atoms in total. The predicted molar refractivity (Wildman–Crippen MR) is 68.0 cm³/mol. The maximum atomic E-state index is 5.75. The van der Waals surface area contributed by atoms with Gasteiger partial charge in [0.15, 0.2) is 0 Å². The zero-order chi connectivity index (χ0) is 11.4. The molecule has 0 amide bonds. The van der Waals surface area contributed by atoms with Crippen molar-refractivity contribution < 1.29 is 0 Å². The predicted octanol–water partition coefficient (Wildman–Crippen LogP) is 2.63. The summed E-state index contributed by atoms with van der Waals surface area (Å²) in [5, 5.41) is 4.05. The zero-order valence-electron chi connectivity index (χ0n) is 9.62. The number of nitrogens with zero attached hydrogens (tertiary/aromatic N) is 2. The smallest absolute Gasteiger partial charge is 0.129 e. The summed E-state index contributed by atoms with van der Waals surface area (Å²) in [6.07, 6.45) is 4.21. The van der Waals surface area contributed by atoms with Gasteiger partial charge in [0, 0.05) is 19.1 Å². The number of hydrogen-bond acceptors (Lipinski definition) is 3. The van der Waals surface area contributed by atoms with Gasteiger partial charge in [0.05, 0.1) is 11.9 Å². The second kappa shape index (κ2) is 5.51. The molecule has 0 saturated carbocycles. The Morgan fingerprint density at radius 3 is 2.75 bits per heavy atom. The van der Waals surface area contributed by atoms with Gasteiger partial charge in [0.25, 0.3) is 0 Å². The van der Waals surface area contributed by atoms with Crippen LogP contribution in [-0.2, 0) is 0 Å². The average molecular weight is 240 g/mol. The highest BCUT2D eigenvalue weighted by Gasteiger charge is 2.17. The molecule has 0 atom stereocenters. The van der Waals surface area contributed by atoms with Crippen LogP contribution in [0, 0.1) is 0 Å². The van der Waals surface area contributed by atoms with Crippen LogP contribution in [0.5, 0.6) is 0 Å². The third-order valence-electron chi connectivity index (χ3n) is 3.13. The molecule has 1 fully saturated rings. The summed E-state index contributed by atoms with van der Waals surface area (Å²) < 4.78 is 0. The summed E-state index contributed by atoms with van der Waals surface area (Å²) in [6.45, 7) is 5.76. The highest BCUT2D eigenvalue weighted by atomic mass is 35.5. The van der Waals surface area contributed by atoms with Gasteiger partial charge < -0.3 is 10.2 Å². The second-order valence-electron chi connectivity index (χ2n) is 4.22. The van der Waals surface area contributed by atoms with Gasteiger partial charge in [-0.1, -0.05) is 18.5 Å². The summed E-state index contributed by atoms with van der Waals surface area (Å²) in [5.74, 6) is 0. The Hall–Kier alpha value is -0.800. The maximum Gasteiger partial charge on any atom is 0.129 e. The van der Waals surface area contributed by atoms with E-state index in [9.17, 15) is 0 Å². The fraction of sp³-hybridized carbons (Fsp3) is 0.583. The molecule has 2 rings (SSSR count). The van der Waals surface area contributed by atoms with Crippen molar-refractivity contribution in [1.29, 1.82) is 0 Å². The SMILES string of the molecule is CCN1CCC(Nc2ccc(Cl)nc2)CC1. The van der Waals surface area contributed by atoms with E-state index in [0.29, 0.717) is 11.2 Å². The average Bonchev–Trinajstić information content (AvgIpc) is 2.33. The lowest BCUT2D eigenvalue weighted by molar-refractivity contribution is 0.229. The molecule has 0 radical (unpaired) electrons. The Labute approximate surface area is 102 Å². The van der Waals surface area contributed by atoms with Crippen molar-refractivity contribution in [2.45, 2.75) is 25.8 Å².